The van der Waals surface area contributed by atoms with Crippen LogP contribution in [0.3, 0.4) is 0 Å². The van der Waals surface area contributed by atoms with Crippen LogP contribution in [-0.4, -0.2) is 20.6 Å². The molecule has 1 unspecified atom stereocenters. The van der Waals surface area contributed by atoms with Crippen LogP contribution in [0.4, 0.5) is 0 Å². The number of hydrogen-bond donors (Lipinski definition) is 2. The summed E-state index contributed by atoms with van der Waals surface area (Å²) in [5.41, 5.74) is 9.48. The number of nitrogens with zero attached hydrogens (tertiary/aromatic N) is 2. The van der Waals surface area contributed by atoms with E-state index in [9.17, 15) is 0 Å². The molecule has 3 N–H and O–H groups in total. The average molecular weight is 202 g/mol. The second kappa shape index (κ2) is 3.24. The van der Waals surface area contributed by atoms with Gasteiger partial charge in [0, 0.05) is 42.7 Å². The summed E-state index contributed by atoms with van der Waals surface area (Å²) < 4.78 is 2.21. The van der Waals surface area contributed by atoms with Crippen molar-refractivity contribution >= 4 is 0 Å². The summed E-state index contributed by atoms with van der Waals surface area (Å²) in [6, 6.07) is 2.33. The molecule has 0 spiro atoms. The predicted molar refractivity (Wildman–Crippen MR) is 58.3 cm³/mol. The molecule has 3 rings (SSSR count). The van der Waals surface area contributed by atoms with E-state index in [0.29, 0.717) is 0 Å². The van der Waals surface area contributed by atoms with Crippen molar-refractivity contribution in [2.24, 2.45) is 5.73 Å². The number of nitrogens with one attached hydrogen (secondary N) is 1. The van der Waals surface area contributed by atoms with Gasteiger partial charge in [0.05, 0.1) is 12.0 Å². The van der Waals surface area contributed by atoms with Crippen LogP contribution in [0.1, 0.15) is 12.1 Å². The molecule has 78 valence electrons. The highest BCUT2D eigenvalue weighted by Crippen LogP contribution is 2.25. The fourth-order valence-electron chi connectivity index (χ4n) is 2.18. The molecule has 3 heterocycles. The highest BCUT2D eigenvalue weighted by Gasteiger charge is 2.20. The fourth-order valence-corrected chi connectivity index (χ4v) is 2.18. The first kappa shape index (κ1) is 8.73. The van der Waals surface area contributed by atoms with Gasteiger partial charge in [0.25, 0.3) is 0 Å². The third-order valence-corrected chi connectivity index (χ3v) is 3.01. The molecule has 4 heteroatoms. The van der Waals surface area contributed by atoms with E-state index in [-0.39, 0.29) is 6.04 Å². The summed E-state index contributed by atoms with van der Waals surface area (Å²) in [7, 11) is 0. The molecule has 0 aliphatic carbocycles. The van der Waals surface area contributed by atoms with E-state index < -0.39 is 0 Å². The number of hydrogen-bond acceptors (Lipinski definition) is 2. The van der Waals surface area contributed by atoms with Gasteiger partial charge in [-0.3, -0.25) is 0 Å². The van der Waals surface area contributed by atoms with E-state index in [1.807, 2.05) is 24.8 Å². The summed E-state index contributed by atoms with van der Waals surface area (Å²) >= 11 is 0. The number of rotatable bonds is 1. The van der Waals surface area contributed by atoms with Gasteiger partial charge in [0.2, 0.25) is 0 Å². The lowest BCUT2D eigenvalue weighted by atomic mass is 10.0. The van der Waals surface area contributed by atoms with Gasteiger partial charge in [-0.25, -0.2) is 4.98 Å². The third-order valence-electron chi connectivity index (χ3n) is 3.01. The molecule has 2 aromatic heterocycles. The maximum absolute atomic E-state index is 5.98. The zero-order chi connectivity index (χ0) is 10.3. The molecule has 0 aromatic carbocycles. The van der Waals surface area contributed by atoms with Crippen molar-refractivity contribution in [2.45, 2.75) is 25.4 Å². The Hall–Kier alpha value is -1.55. The van der Waals surface area contributed by atoms with E-state index in [1.54, 1.807) is 0 Å². The number of aromatic amines is 1. The topological polar surface area (TPSA) is 59.6 Å². The largest absolute Gasteiger partial charge is 0.367 e. The Balaban J connectivity index is 2.07. The van der Waals surface area contributed by atoms with Crippen LogP contribution in [0.5, 0.6) is 0 Å². The Morgan fingerprint density at radius 1 is 1.53 bits per heavy atom. The zero-order valence-corrected chi connectivity index (χ0v) is 8.48. The number of nitrogens with two attached hydrogens (primary N) is 1. The molecule has 1 aliphatic heterocycles. The molecule has 2 aromatic rings. The van der Waals surface area contributed by atoms with Crippen molar-refractivity contribution < 1.29 is 0 Å². The Kier molecular flexibility index (Phi) is 1.89. The minimum absolute atomic E-state index is 0.284. The van der Waals surface area contributed by atoms with Crippen molar-refractivity contribution in [3.05, 3.63) is 30.5 Å². The van der Waals surface area contributed by atoms with Crippen molar-refractivity contribution in [1.29, 1.82) is 0 Å². The summed E-state index contributed by atoms with van der Waals surface area (Å²) in [5, 5.41) is 0. The molecule has 0 fully saturated rings. The van der Waals surface area contributed by atoms with Gasteiger partial charge in [-0.15, -0.1) is 0 Å². The Morgan fingerprint density at radius 3 is 3.27 bits per heavy atom. The number of imidazole rings is 1. The number of aryl methyl sites for hydroxylation is 1. The summed E-state index contributed by atoms with van der Waals surface area (Å²) in [6.07, 6.45) is 7.80. The average Bonchev–Trinajstić information content (AvgIpc) is 2.83. The molecule has 0 radical (unpaired) electrons. The molecule has 0 saturated carbocycles. The van der Waals surface area contributed by atoms with E-state index in [0.717, 1.165) is 30.6 Å². The standard InChI is InChI=1S/C11H14N4/c12-9-2-4-15-7-14-11(10(15)5-9)8-1-3-13-6-8/h1,3,6-7,9,13H,2,4-5,12H2. The maximum atomic E-state index is 5.98. The first-order valence-electron chi connectivity index (χ1n) is 5.27. The summed E-state index contributed by atoms with van der Waals surface area (Å²) in [4.78, 5) is 7.52. The maximum Gasteiger partial charge on any atom is 0.0956 e. The van der Waals surface area contributed by atoms with Crippen LogP contribution < -0.4 is 5.73 Å². The lowest BCUT2D eigenvalue weighted by molar-refractivity contribution is 0.472. The number of aromatic nitrogens is 3. The van der Waals surface area contributed by atoms with Crippen LogP contribution in [-0.2, 0) is 13.0 Å². The Bertz CT molecular complexity index is 455. The van der Waals surface area contributed by atoms with Crippen LogP contribution in [0.2, 0.25) is 0 Å². The minimum atomic E-state index is 0.284. The van der Waals surface area contributed by atoms with Crippen LogP contribution in [0, 0.1) is 0 Å². The Labute approximate surface area is 88.1 Å². The lowest BCUT2D eigenvalue weighted by Gasteiger charge is -2.20. The molecule has 0 bridgehead atoms. The third kappa shape index (κ3) is 1.37. The molecular weight excluding hydrogens is 188 g/mol. The van der Waals surface area contributed by atoms with Gasteiger partial charge in [0.15, 0.2) is 0 Å². The Morgan fingerprint density at radius 2 is 2.47 bits per heavy atom. The van der Waals surface area contributed by atoms with Gasteiger partial charge in [-0.2, -0.15) is 0 Å². The minimum Gasteiger partial charge on any atom is -0.367 e. The molecule has 4 nitrogen and oxygen atoms in total. The van der Waals surface area contributed by atoms with Crippen LogP contribution >= 0.6 is 0 Å². The second-order valence-electron chi connectivity index (χ2n) is 4.09. The van der Waals surface area contributed by atoms with Gasteiger partial charge in [-0.05, 0) is 12.5 Å². The molecule has 15 heavy (non-hydrogen) atoms. The summed E-state index contributed by atoms with van der Waals surface area (Å²) in [5.74, 6) is 0. The quantitative estimate of drug-likeness (QED) is 0.728. The highest BCUT2D eigenvalue weighted by molar-refractivity contribution is 5.61. The number of H-pyrrole nitrogens is 1. The van der Waals surface area contributed by atoms with E-state index in [4.69, 9.17) is 5.73 Å². The van der Waals surface area contributed by atoms with Crippen molar-refractivity contribution in [2.75, 3.05) is 0 Å². The molecular formula is C11H14N4. The first-order chi connectivity index (χ1) is 7.34. The zero-order valence-electron chi connectivity index (χ0n) is 8.48. The van der Waals surface area contributed by atoms with E-state index in [1.165, 1.54) is 5.69 Å². The lowest BCUT2D eigenvalue weighted by Crippen LogP contribution is -2.30. The molecule has 0 amide bonds. The van der Waals surface area contributed by atoms with Gasteiger partial charge in [0.1, 0.15) is 0 Å². The SMILES string of the molecule is NC1CCn2cnc(-c3cc[nH]c3)c2C1. The van der Waals surface area contributed by atoms with Gasteiger partial charge in [-0.1, -0.05) is 0 Å². The molecule has 0 saturated heterocycles. The van der Waals surface area contributed by atoms with E-state index in [2.05, 4.69) is 14.5 Å². The number of fused-ring (bicyclic) bond motifs is 1. The molecule has 1 aliphatic rings. The van der Waals surface area contributed by atoms with Crippen molar-refractivity contribution in [1.82, 2.24) is 14.5 Å². The monoisotopic (exact) mass is 202 g/mol. The van der Waals surface area contributed by atoms with E-state index >= 15 is 0 Å². The van der Waals surface area contributed by atoms with Crippen LogP contribution in [0.25, 0.3) is 11.3 Å². The van der Waals surface area contributed by atoms with Gasteiger partial charge >= 0.3 is 0 Å². The van der Waals surface area contributed by atoms with Gasteiger partial charge < -0.3 is 15.3 Å². The molecule has 1 atom stereocenters. The highest BCUT2D eigenvalue weighted by atomic mass is 15.1. The second-order valence-corrected chi connectivity index (χ2v) is 4.09. The fraction of sp³-hybridized carbons (Fsp3) is 0.364. The smallest absolute Gasteiger partial charge is 0.0956 e. The summed E-state index contributed by atoms with van der Waals surface area (Å²) in [6.45, 7) is 0.994. The first-order valence-corrected chi connectivity index (χ1v) is 5.27. The van der Waals surface area contributed by atoms with Crippen molar-refractivity contribution in [3.8, 4) is 11.3 Å². The van der Waals surface area contributed by atoms with Crippen LogP contribution in [0.15, 0.2) is 24.8 Å². The normalized spacial score (nSPS) is 20.2. The van der Waals surface area contributed by atoms with Crippen molar-refractivity contribution in [3.63, 3.8) is 0 Å². The predicted octanol–water partition coefficient (Wildman–Crippen LogP) is 1.15.